The number of nitrogens with two attached hydrogens (primary N) is 2. The summed E-state index contributed by atoms with van der Waals surface area (Å²) in [6.07, 6.45) is -0.303. The summed E-state index contributed by atoms with van der Waals surface area (Å²) in [5.41, 5.74) is 10.3. The lowest BCUT2D eigenvalue weighted by Gasteiger charge is -2.14. The van der Waals surface area contributed by atoms with Gasteiger partial charge in [-0.25, -0.2) is 4.57 Å². The van der Waals surface area contributed by atoms with E-state index in [1.54, 1.807) is 0 Å². The standard InChI is InChI=1S/C4H13N2O4P/c5-2-1-4(3-6)10-11(7,8)9/h4H,1-3,5-6H2,(H2,7,8,9). The van der Waals surface area contributed by atoms with E-state index < -0.39 is 13.9 Å². The average Bonchev–Trinajstić information content (AvgIpc) is 1.84. The van der Waals surface area contributed by atoms with Gasteiger partial charge in [0.2, 0.25) is 0 Å². The molecule has 0 amide bonds. The number of phosphoric acid groups is 1. The number of hydrogen-bond acceptors (Lipinski definition) is 4. The van der Waals surface area contributed by atoms with Gasteiger partial charge in [-0.05, 0) is 13.0 Å². The van der Waals surface area contributed by atoms with Crippen molar-refractivity contribution < 1.29 is 18.9 Å². The fourth-order valence-corrected chi connectivity index (χ4v) is 1.17. The van der Waals surface area contributed by atoms with Gasteiger partial charge in [-0.3, -0.25) is 4.52 Å². The van der Waals surface area contributed by atoms with Crippen molar-refractivity contribution in [3.8, 4) is 0 Å². The molecule has 1 unspecified atom stereocenters. The highest BCUT2D eigenvalue weighted by atomic mass is 31.2. The first-order chi connectivity index (χ1) is 4.99. The summed E-state index contributed by atoms with van der Waals surface area (Å²) >= 11 is 0. The maximum absolute atomic E-state index is 10.3. The molecule has 68 valence electrons. The fraction of sp³-hybridized carbons (Fsp3) is 1.00. The quantitative estimate of drug-likeness (QED) is 0.397. The monoisotopic (exact) mass is 184 g/mol. The van der Waals surface area contributed by atoms with E-state index in [2.05, 4.69) is 4.52 Å². The van der Waals surface area contributed by atoms with Crippen molar-refractivity contribution >= 4 is 7.82 Å². The van der Waals surface area contributed by atoms with Crippen molar-refractivity contribution in [2.75, 3.05) is 13.1 Å². The van der Waals surface area contributed by atoms with Crippen LogP contribution in [0.3, 0.4) is 0 Å². The second-order valence-electron chi connectivity index (χ2n) is 2.03. The van der Waals surface area contributed by atoms with E-state index in [-0.39, 0.29) is 6.54 Å². The molecule has 0 aliphatic rings. The molecule has 0 aromatic rings. The first kappa shape index (κ1) is 11.0. The Morgan fingerprint density at radius 3 is 2.27 bits per heavy atom. The summed E-state index contributed by atoms with van der Waals surface area (Å²) in [6, 6.07) is 0. The first-order valence-electron chi connectivity index (χ1n) is 3.13. The lowest BCUT2D eigenvalue weighted by molar-refractivity contribution is 0.133. The normalized spacial score (nSPS) is 14.9. The van der Waals surface area contributed by atoms with Crippen LogP contribution in [0.25, 0.3) is 0 Å². The molecule has 0 heterocycles. The minimum Gasteiger partial charge on any atom is -0.330 e. The highest BCUT2D eigenvalue weighted by Crippen LogP contribution is 2.37. The van der Waals surface area contributed by atoms with Crippen LogP contribution in [0, 0.1) is 0 Å². The van der Waals surface area contributed by atoms with Crippen LogP contribution in [0.4, 0.5) is 0 Å². The van der Waals surface area contributed by atoms with Gasteiger partial charge in [0.25, 0.3) is 0 Å². The zero-order chi connectivity index (χ0) is 8.91. The molecule has 0 radical (unpaired) electrons. The average molecular weight is 184 g/mol. The Morgan fingerprint density at radius 1 is 1.45 bits per heavy atom. The number of hydrogen-bond donors (Lipinski definition) is 4. The topological polar surface area (TPSA) is 119 Å². The van der Waals surface area contributed by atoms with E-state index in [1.165, 1.54) is 0 Å². The Hall–Kier alpha value is 0.0300. The summed E-state index contributed by atoms with van der Waals surface area (Å²) in [7, 11) is -4.40. The van der Waals surface area contributed by atoms with Crippen molar-refractivity contribution in [2.45, 2.75) is 12.5 Å². The third-order valence-corrected chi connectivity index (χ3v) is 1.61. The van der Waals surface area contributed by atoms with Gasteiger partial charge in [-0.15, -0.1) is 0 Å². The van der Waals surface area contributed by atoms with Gasteiger partial charge in [0, 0.05) is 6.54 Å². The predicted octanol–water partition coefficient (Wildman–Crippen LogP) is -1.23. The third-order valence-electron chi connectivity index (χ3n) is 1.04. The summed E-state index contributed by atoms with van der Waals surface area (Å²) in [4.78, 5) is 16.7. The van der Waals surface area contributed by atoms with E-state index in [0.29, 0.717) is 13.0 Å². The Morgan fingerprint density at radius 2 is 2.00 bits per heavy atom. The lowest BCUT2D eigenvalue weighted by atomic mass is 10.3. The van der Waals surface area contributed by atoms with Crippen molar-refractivity contribution in [1.29, 1.82) is 0 Å². The molecule has 1 atom stereocenters. The molecule has 6 nitrogen and oxygen atoms in total. The van der Waals surface area contributed by atoms with Crippen LogP contribution < -0.4 is 11.5 Å². The maximum Gasteiger partial charge on any atom is 0.469 e. The van der Waals surface area contributed by atoms with Crippen molar-refractivity contribution in [3.05, 3.63) is 0 Å². The highest BCUT2D eigenvalue weighted by Gasteiger charge is 2.20. The minimum absolute atomic E-state index is 0.0578. The van der Waals surface area contributed by atoms with Crippen molar-refractivity contribution in [1.82, 2.24) is 0 Å². The second-order valence-corrected chi connectivity index (χ2v) is 3.22. The molecule has 0 spiro atoms. The largest absolute Gasteiger partial charge is 0.469 e. The van der Waals surface area contributed by atoms with Crippen LogP contribution in [0.15, 0.2) is 0 Å². The van der Waals surface area contributed by atoms with Crippen LogP contribution in [0.1, 0.15) is 6.42 Å². The van der Waals surface area contributed by atoms with E-state index >= 15 is 0 Å². The van der Waals surface area contributed by atoms with Gasteiger partial charge in [0.1, 0.15) is 0 Å². The molecule has 0 aromatic heterocycles. The smallest absolute Gasteiger partial charge is 0.330 e. The second kappa shape index (κ2) is 4.82. The Balaban J connectivity index is 3.78. The molecule has 0 rings (SSSR count). The third kappa shape index (κ3) is 6.43. The van der Waals surface area contributed by atoms with Crippen LogP contribution in [0.2, 0.25) is 0 Å². The van der Waals surface area contributed by atoms with Gasteiger partial charge < -0.3 is 21.3 Å². The molecular formula is C4H13N2O4P. The van der Waals surface area contributed by atoms with Crippen molar-refractivity contribution in [3.63, 3.8) is 0 Å². The van der Waals surface area contributed by atoms with E-state index in [0.717, 1.165) is 0 Å². The zero-order valence-electron chi connectivity index (χ0n) is 6.01. The molecule has 0 aliphatic heterocycles. The van der Waals surface area contributed by atoms with E-state index in [4.69, 9.17) is 21.3 Å². The molecule has 0 bridgehead atoms. The van der Waals surface area contributed by atoms with E-state index in [1.807, 2.05) is 0 Å². The molecule has 0 aromatic carbocycles. The van der Waals surface area contributed by atoms with Crippen LogP contribution in [-0.4, -0.2) is 29.0 Å². The Kier molecular flexibility index (Phi) is 4.83. The zero-order valence-corrected chi connectivity index (χ0v) is 6.91. The van der Waals surface area contributed by atoms with E-state index in [9.17, 15) is 4.57 Å². The Bertz CT molecular complexity index is 147. The molecular weight excluding hydrogens is 171 g/mol. The van der Waals surface area contributed by atoms with Gasteiger partial charge in [-0.1, -0.05) is 0 Å². The summed E-state index contributed by atoms with van der Waals surface area (Å²) in [5.74, 6) is 0. The highest BCUT2D eigenvalue weighted by molar-refractivity contribution is 7.46. The molecule has 11 heavy (non-hydrogen) atoms. The SMILES string of the molecule is NCCC(CN)OP(=O)(O)O. The van der Waals surface area contributed by atoms with Crippen LogP contribution >= 0.6 is 7.82 Å². The van der Waals surface area contributed by atoms with Crippen LogP contribution in [-0.2, 0) is 9.09 Å². The minimum atomic E-state index is -4.40. The number of phosphoric ester groups is 1. The van der Waals surface area contributed by atoms with Crippen LogP contribution in [0.5, 0.6) is 0 Å². The first-order valence-corrected chi connectivity index (χ1v) is 4.66. The molecule has 6 N–H and O–H groups in total. The summed E-state index contributed by atoms with van der Waals surface area (Å²) < 4.78 is 14.5. The maximum atomic E-state index is 10.3. The molecule has 0 saturated heterocycles. The van der Waals surface area contributed by atoms with Gasteiger partial charge in [-0.2, -0.15) is 0 Å². The predicted molar refractivity (Wildman–Crippen MR) is 39.6 cm³/mol. The van der Waals surface area contributed by atoms with Gasteiger partial charge >= 0.3 is 7.82 Å². The molecule has 0 aliphatic carbocycles. The molecule has 0 saturated carbocycles. The lowest BCUT2D eigenvalue weighted by Crippen LogP contribution is -2.25. The number of rotatable bonds is 5. The van der Waals surface area contributed by atoms with Gasteiger partial charge in [0.05, 0.1) is 6.10 Å². The van der Waals surface area contributed by atoms with Crippen molar-refractivity contribution in [2.24, 2.45) is 11.5 Å². The molecule has 7 heteroatoms. The summed E-state index contributed by atoms with van der Waals surface area (Å²) in [6.45, 7) is 0.351. The molecule has 0 fully saturated rings. The summed E-state index contributed by atoms with van der Waals surface area (Å²) in [5, 5.41) is 0. The Labute approximate surface area is 64.8 Å². The van der Waals surface area contributed by atoms with Gasteiger partial charge in [0.15, 0.2) is 0 Å². The fourth-order valence-electron chi connectivity index (χ4n) is 0.594.